The maximum absolute atomic E-state index is 12.6. The minimum atomic E-state index is -2.87. The average Bonchev–Trinajstić information content (AvgIpc) is 3.01. The molecule has 2 rings (SSSR count). The summed E-state index contributed by atoms with van der Waals surface area (Å²) < 4.78 is 34.8. The zero-order valence-electron chi connectivity index (χ0n) is 14.9. The van der Waals surface area contributed by atoms with Crippen LogP contribution in [0.2, 0.25) is 0 Å². The fraction of sp³-hybridized carbons (Fsp3) is 0.588. The molecule has 0 aliphatic carbocycles. The predicted octanol–water partition coefficient (Wildman–Crippen LogP) is 1.91. The second-order valence-corrected chi connectivity index (χ2v) is 6.08. The Morgan fingerprint density at radius 2 is 2.20 bits per heavy atom. The lowest BCUT2D eigenvalue weighted by molar-refractivity contribution is -0.0504. The Bertz CT molecular complexity index is 584. The number of hydrogen-bond acceptors (Lipinski definition) is 4. The first-order valence-electron chi connectivity index (χ1n) is 8.26. The number of halogens is 2. The van der Waals surface area contributed by atoms with Gasteiger partial charge in [-0.25, -0.2) is 0 Å². The van der Waals surface area contributed by atoms with Crippen molar-refractivity contribution in [3.05, 3.63) is 23.8 Å². The maximum Gasteiger partial charge on any atom is 0.387 e. The topological polar surface area (TPSA) is 58.1 Å². The van der Waals surface area contributed by atoms with E-state index < -0.39 is 6.61 Å². The summed E-state index contributed by atoms with van der Waals surface area (Å²) in [6, 6.07) is 4.74. The third kappa shape index (κ3) is 6.04. The maximum atomic E-state index is 12.6. The van der Waals surface area contributed by atoms with Crippen LogP contribution in [0.4, 0.5) is 8.78 Å². The number of nitrogens with zero attached hydrogens (tertiary/aromatic N) is 2. The lowest BCUT2D eigenvalue weighted by Gasteiger charge is -2.17. The van der Waals surface area contributed by atoms with E-state index in [-0.39, 0.29) is 5.75 Å². The van der Waals surface area contributed by atoms with E-state index in [4.69, 9.17) is 4.74 Å². The van der Waals surface area contributed by atoms with Gasteiger partial charge < -0.3 is 25.0 Å². The van der Waals surface area contributed by atoms with E-state index in [0.29, 0.717) is 29.7 Å². The van der Waals surface area contributed by atoms with Gasteiger partial charge in [0.05, 0.1) is 7.11 Å². The first-order valence-corrected chi connectivity index (χ1v) is 8.26. The molecule has 0 radical (unpaired) electrons. The molecule has 140 valence electrons. The first kappa shape index (κ1) is 19.2. The Labute approximate surface area is 147 Å². The van der Waals surface area contributed by atoms with Gasteiger partial charge in [-0.2, -0.15) is 8.78 Å². The Balaban J connectivity index is 1.93. The van der Waals surface area contributed by atoms with E-state index in [9.17, 15) is 8.78 Å². The van der Waals surface area contributed by atoms with Crippen molar-refractivity contribution in [1.82, 2.24) is 15.5 Å². The number of nitrogens with one attached hydrogen (secondary N) is 2. The highest BCUT2D eigenvalue weighted by Crippen LogP contribution is 2.25. The third-order valence-electron chi connectivity index (χ3n) is 4.20. The fourth-order valence-electron chi connectivity index (χ4n) is 2.87. The Morgan fingerprint density at radius 3 is 2.80 bits per heavy atom. The molecule has 1 fully saturated rings. The molecule has 1 aromatic rings. The number of alkyl halides is 2. The molecule has 1 saturated heterocycles. The number of ether oxygens (including phenoxy) is 2. The number of likely N-dealkylation sites (tertiary alicyclic amines) is 1. The molecule has 1 atom stereocenters. The van der Waals surface area contributed by atoms with E-state index in [0.717, 1.165) is 26.1 Å². The lowest BCUT2D eigenvalue weighted by Crippen LogP contribution is -2.39. The van der Waals surface area contributed by atoms with Crippen molar-refractivity contribution in [2.45, 2.75) is 19.6 Å². The van der Waals surface area contributed by atoms with Gasteiger partial charge in [-0.05, 0) is 44.1 Å². The quantitative estimate of drug-likeness (QED) is 0.577. The molecule has 0 saturated carbocycles. The van der Waals surface area contributed by atoms with Gasteiger partial charge in [-0.1, -0.05) is 0 Å². The van der Waals surface area contributed by atoms with Crippen LogP contribution >= 0.6 is 0 Å². The zero-order chi connectivity index (χ0) is 18.2. The Morgan fingerprint density at radius 1 is 1.40 bits per heavy atom. The molecular weight excluding hydrogens is 330 g/mol. The second kappa shape index (κ2) is 9.41. The van der Waals surface area contributed by atoms with Gasteiger partial charge in [0.25, 0.3) is 0 Å². The van der Waals surface area contributed by atoms with Gasteiger partial charge in [0.15, 0.2) is 5.96 Å². The average molecular weight is 356 g/mol. The van der Waals surface area contributed by atoms with Crippen molar-refractivity contribution < 1.29 is 18.3 Å². The second-order valence-electron chi connectivity index (χ2n) is 6.08. The van der Waals surface area contributed by atoms with Crippen LogP contribution in [-0.4, -0.2) is 58.3 Å². The summed E-state index contributed by atoms with van der Waals surface area (Å²) in [6.45, 7) is 0.415. The Kier molecular flexibility index (Phi) is 7.24. The van der Waals surface area contributed by atoms with E-state index in [1.807, 2.05) is 0 Å². The zero-order valence-corrected chi connectivity index (χ0v) is 14.9. The number of benzene rings is 1. The van der Waals surface area contributed by atoms with Gasteiger partial charge in [-0.15, -0.1) is 0 Å². The van der Waals surface area contributed by atoms with Crippen LogP contribution in [0.15, 0.2) is 23.2 Å². The molecule has 8 heteroatoms. The van der Waals surface area contributed by atoms with Gasteiger partial charge in [0, 0.05) is 32.2 Å². The number of aliphatic imine (C=N–C) groups is 1. The van der Waals surface area contributed by atoms with Crippen LogP contribution in [0.5, 0.6) is 11.5 Å². The number of methoxy groups -OCH3 is 1. The molecule has 1 aliphatic rings. The van der Waals surface area contributed by atoms with Crippen molar-refractivity contribution in [3.8, 4) is 11.5 Å². The lowest BCUT2D eigenvalue weighted by atomic mass is 10.1. The minimum absolute atomic E-state index is 0.121. The molecule has 0 aromatic heterocycles. The Hall–Kier alpha value is -2.09. The van der Waals surface area contributed by atoms with E-state index in [1.54, 1.807) is 19.2 Å². The number of guanidine groups is 1. The summed E-state index contributed by atoms with van der Waals surface area (Å²) in [4.78, 5) is 6.48. The van der Waals surface area contributed by atoms with Crippen molar-refractivity contribution >= 4 is 5.96 Å². The van der Waals surface area contributed by atoms with Crippen LogP contribution in [0, 0.1) is 5.92 Å². The molecule has 0 amide bonds. The molecule has 1 heterocycles. The van der Waals surface area contributed by atoms with Crippen molar-refractivity contribution in [1.29, 1.82) is 0 Å². The predicted molar refractivity (Wildman–Crippen MR) is 93.4 cm³/mol. The summed E-state index contributed by atoms with van der Waals surface area (Å²) in [5.41, 5.74) is 0.572. The van der Waals surface area contributed by atoms with Crippen LogP contribution in [0.1, 0.15) is 12.0 Å². The minimum Gasteiger partial charge on any atom is -0.497 e. The number of hydrogen-bond donors (Lipinski definition) is 2. The molecule has 1 aromatic carbocycles. The molecule has 25 heavy (non-hydrogen) atoms. The van der Waals surface area contributed by atoms with E-state index in [2.05, 4.69) is 32.3 Å². The molecule has 2 N–H and O–H groups in total. The summed E-state index contributed by atoms with van der Waals surface area (Å²) in [7, 11) is 5.32. The fourth-order valence-corrected chi connectivity index (χ4v) is 2.87. The van der Waals surface area contributed by atoms with Gasteiger partial charge in [0.1, 0.15) is 11.5 Å². The SMILES string of the molecule is CN=C(NCc1cc(OC)ccc1OC(F)F)NCC1CCN(C)C1. The molecule has 0 bridgehead atoms. The summed E-state index contributed by atoms with van der Waals surface area (Å²) in [6.07, 6.45) is 1.16. The van der Waals surface area contributed by atoms with Crippen LogP contribution < -0.4 is 20.1 Å². The van der Waals surface area contributed by atoms with Crippen molar-refractivity contribution in [2.75, 3.05) is 40.8 Å². The van der Waals surface area contributed by atoms with Crippen LogP contribution in [0.3, 0.4) is 0 Å². The van der Waals surface area contributed by atoms with Crippen LogP contribution in [0.25, 0.3) is 0 Å². The first-order chi connectivity index (χ1) is 12.0. The standard InChI is InChI=1S/C17H26F2N4O2/c1-20-17(21-9-12-6-7-23(2)11-12)22-10-13-8-14(24-3)4-5-15(13)25-16(18)19/h4-5,8,12,16H,6-7,9-11H2,1-3H3,(H2,20,21,22). The highest BCUT2D eigenvalue weighted by atomic mass is 19.3. The summed E-state index contributed by atoms with van der Waals surface area (Å²) >= 11 is 0. The normalized spacial score (nSPS) is 18.5. The van der Waals surface area contributed by atoms with E-state index >= 15 is 0 Å². The summed E-state index contributed by atoms with van der Waals surface area (Å²) in [5.74, 6) is 1.91. The van der Waals surface area contributed by atoms with Gasteiger partial charge >= 0.3 is 6.61 Å². The molecule has 6 nitrogen and oxygen atoms in total. The van der Waals surface area contributed by atoms with Crippen LogP contribution in [-0.2, 0) is 6.54 Å². The van der Waals surface area contributed by atoms with Crippen molar-refractivity contribution in [2.24, 2.45) is 10.9 Å². The van der Waals surface area contributed by atoms with Crippen molar-refractivity contribution in [3.63, 3.8) is 0 Å². The molecular formula is C17H26F2N4O2. The monoisotopic (exact) mass is 356 g/mol. The smallest absolute Gasteiger partial charge is 0.387 e. The third-order valence-corrected chi connectivity index (χ3v) is 4.20. The van der Waals surface area contributed by atoms with Gasteiger partial charge in [0.2, 0.25) is 0 Å². The number of rotatable bonds is 7. The largest absolute Gasteiger partial charge is 0.497 e. The molecule has 0 spiro atoms. The molecule has 1 aliphatic heterocycles. The van der Waals surface area contributed by atoms with Gasteiger partial charge in [-0.3, -0.25) is 4.99 Å². The highest BCUT2D eigenvalue weighted by Gasteiger charge is 2.19. The summed E-state index contributed by atoms with van der Waals surface area (Å²) in [5, 5.41) is 6.41. The van der Waals surface area contributed by atoms with E-state index in [1.165, 1.54) is 13.2 Å². The highest BCUT2D eigenvalue weighted by molar-refractivity contribution is 5.79. The molecule has 1 unspecified atom stereocenters.